The van der Waals surface area contributed by atoms with Crippen LogP contribution >= 0.6 is 0 Å². The third-order valence-electron chi connectivity index (χ3n) is 6.91. The van der Waals surface area contributed by atoms with Gasteiger partial charge in [-0.3, -0.25) is 4.79 Å². The Hall–Kier alpha value is -1.17. The molecule has 2 aliphatic carbocycles. The van der Waals surface area contributed by atoms with Gasteiger partial charge < -0.3 is 20.4 Å². The Morgan fingerprint density at radius 2 is 1.97 bits per heavy atom. The molecule has 0 aliphatic heterocycles. The summed E-state index contributed by atoms with van der Waals surface area (Å²) in [5, 5.41) is 24.0. The quantitative estimate of drug-likeness (QED) is 0.302. The summed E-state index contributed by atoms with van der Waals surface area (Å²) in [7, 11) is 0. The smallest absolute Gasteiger partial charge is 0.236 e. The molecule has 5 nitrogen and oxygen atoms in total. The van der Waals surface area contributed by atoms with Crippen molar-refractivity contribution in [1.82, 2.24) is 10.2 Å². The Balaban J connectivity index is 1.76. The van der Waals surface area contributed by atoms with Crippen molar-refractivity contribution in [2.45, 2.75) is 104 Å². The van der Waals surface area contributed by atoms with E-state index in [1.165, 1.54) is 5.57 Å². The number of fused-ring (bicyclic) bond motifs is 1. The Bertz CT molecular complexity index is 606. The highest BCUT2D eigenvalue weighted by atomic mass is 16.3. The first kappa shape index (κ1) is 26.1. The van der Waals surface area contributed by atoms with Crippen molar-refractivity contribution in [2.24, 2.45) is 17.8 Å². The second kappa shape index (κ2) is 12.8. The minimum absolute atomic E-state index is 0.139. The van der Waals surface area contributed by atoms with Crippen molar-refractivity contribution in [2.75, 3.05) is 13.1 Å². The Labute approximate surface area is 190 Å². The number of hydrogen-bond acceptors (Lipinski definition) is 4. The van der Waals surface area contributed by atoms with Crippen molar-refractivity contribution in [3.63, 3.8) is 0 Å². The van der Waals surface area contributed by atoms with Gasteiger partial charge in [-0.15, -0.1) is 0 Å². The van der Waals surface area contributed by atoms with Gasteiger partial charge in [0.05, 0.1) is 18.8 Å². The van der Waals surface area contributed by atoms with Crippen molar-refractivity contribution >= 4 is 5.91 Å². The molecule has 0 aromatic carbocycles. The van der Waals surface area contributed by atoms with Crippen molar-refractivity contribution < 1.29 is 15.0 Å². The largest absolute Gasteiger partial charge is 0.392 e. The second-order valence-electron chi connectivity index (χ2n) is 10.1. The molecule has 0 bridgehead atoms. The first-order valence-electron chi connectivity index (χ1n) is 12.5. The molecule has 0 heterocycles. The number of hydrogen-bond donors (Lipinski definition) is 3. The van der Waals surface area contributed by atoms with Gasteiger partial charge in [0.1, 0.15) is 0 Å². The van der Waals surface area contributed by atoms with Crippen LogP contribution in [0.4, 0.5) is 0 Å². The summed E-state index contributed by atoms with van der Waals surface area (Å²) in [5.41, 5.74) is 1.44. The number of allylic oxidation sites excluding steroid dienone is 1. The minimum atomic E-state index is -0.399. The Morgan fingerprint density at radius 3 is 2.61 bits per heavy atom. The van der Waals surface area contributed by atoms with E-state index in [-0.39, 0.29) is 30.0 Å². The van der Waals surface area contributed by atoms with Gasteiger partial charge in [-0.25, -0.2) is 0 Å². The summed E-state index contributed by atoms with van der Waals surface area (Å²) in [5.74, 6) is 1.19. The van der Waals surface area contributed by atoms with Crippen LogP contribution in [0.3, 0.4) is 0 Å². The number of nitrogens with zero attached hydrogens (tertiary/aromatic N) is 1. The lowest BCUT2D eigenvalue weighted by Gasteiger charge is -2.31. The summed E-state index contributed by atoms with van der Waals surface area (Å²) in [6, 6.07) is 0.431. The van der Waals surface area contributed by atoms with Gasteiger partial charge >= 0.3 is 0 Å². The minimum Gasteiger partial charge on any atom is -0.392 e. The lowest BCUT2D eigenvalue weighted by molar-refractivity contribution is -0.133. The normalized spacial score (nSPS) is 26.7. The average molecular weight is 435 g/mol. The molecule has 0 saturated heterocycles. The molecular weight excluding hydrogens is 388 g/mol. The van der Waals surface area contributed by atoms with Gasteiger partial charge in [0, 0.05) is 18.0 Å². The predicted octanol–water partition coefficient (Wildman–Crippen LogP) is 4.05. The predicted molar refractivity (Wildman–Crippen MR) is 128 cm³/mol. The van der Waals surface area contributed by atoms with Crippen LogP contribution in [-0.2, 0) is 4.79 Å². The second-order valence-corrected chi connectivity index (χ2v) is 10.1. The highest BCUT2D eigenvalue weighted by Crippen LogP contribution is 2.47. The summed E-state index contributed by atoms with van der Waals surface area (Å²) in [6.07, 6.45) is 12.6. The molecule has 0 radical (unpaired) electrons. The van der Waals surface area contributed by atoms with Gasteiger partial charge in [0.15, 0.2) is 0 Å². The van der Waals surface area contributed by atoms with Gasteiger partial charge in [-0.05, 0) is 71.8 Å². The maximum Gasteiger partial charge on any atom is 0.236 e. The van der Waals surface area contributed by atoms with E-state index in [0.717, 1.165) is 51.5 Å². The third kappa shape index (κ3) is 7.73. The summed E-state index contributed by atoms with van der Waals surface area (Å²) in [6.45, 7) is 11.6. The maximum atomic E-state index is 12.5. The molecule has 0 spiro atoms. The Kier molecular flexibility index (Phi) is 10.7. The number of carbonyl (C=O) groups excluding carboxylic acids is 1. The fourth-order valence-electron chi connectivity index (χ4n) is 5.45. The number of carbonyl (C=O) groups is 1. The first-order valence-corrected chi connectivity index (χ1v) is 12.5. The first-order chi connectivity index (χ1) is 14.7. The summed E-state index contributed by atoms with van der Waals surface area (Å²) < 4.78 is 0. The van der Waals surface area contributed by atoms with Gasteiger partial charge in [0.2, 0.25) is 5.91 Å². The molecule has 2 aliphatic rings. The lowest BCUT2D eigenvalue weighted by Crippen LogP contribution is -2.46. The topological polar surface area (TPSA) is 72.8 Å². The number of aliphatic hydroxyl groups is 2. The van der Waals surface area contributed by atoms with E-state index >= 15 is 0 Å². The fraction of sp³-hybridized carbons (Fsp3) is 0.808. The molecule has 1 fully saturated rings. The standard InChI is InChI=1S/C26H46N2O3/c1-6-7-8-9-22(29)10-11-23-24-15-20(14-21(24)16-25(23)30)12-13-27-17-26(31)28(18(2)3)19(4)5/h10-11,14,18-19,21-25,27,29-30H,6-9,12-13,15-17H2,1-5H3/b11-10+/t21-,22-,23+,24-,25+/m0/s1. The molecule has 31 heavy (non-hydrogen) atoms. The monoisotopic (exact) mass is 434 g/mol. The molecule has 1 amide bonds. The molecule has 3 N–H and O–H groups in total. The van der Waals surface area contributed by atoms with Gasteiger partial charge in [-0.1, -0.05) is 50.0 Å². The third-order valence-corrected chi connectivity index (χ3v) is 6.91. The number of amides is 1. The molecule has 5 atom stereocenters. The molecule has 2 rings (SSSR count). The van der Waals surface area contributed by atoms with Crippen LogP contribution in [0.2, 0.25) is 0 Å². The summed E-state index contributed by atoms with van der Waals surface area (Å²) in [4.78, 5) is 14.4. The highest BCUT2D eigenvalue weighted by Gasteiger charge is 2.43. The van der Waals surface area contributed by atoms with Crippen LogP contribution in [0.1, 0.15) is 79.6 Å². The van der Waals surface area contributed by atoms with Gasteiger partial charge in [0.25, 0.3) is 0 Å². The number of rotatable bonds is 13. The number of aliphatic hydroxyl groups excluding tert-OH is 2. The van der Waals surface area contributed by atoms with Crippen LogP contribution in [0.15, 0.2) is 23.8 Å². The van der Waals surface area contributed by atoms with Crippen molar-refractivity contribution in [3.8, 4) is 0 Å². The molecule has 0 aromatic rings. The van der Waals surface area contributed by atoms with Crippen LogP contribution in [-0.4, -0.2) is 58.4 Å². The maximum absolute atomic E-state index is 12.5. The fourth-order valence-corrected chi connectivity index (χ4v) is 5.45. The molecule has 1 saturated carbocycles. The SMILES string of the molecule is CCCCC[C@H](O)/C=C/[C@@H]1[C@H]2CC(CCNCC(=O)N(C(C)C)C(C)C)=C[C@H]2C[C@H]1O. The zero-order valence-electron chi connectivity index (χ0n) is 20.4. The zero-order chi connectivity index (χ0) is 23.0. The van der Waals surface area contributed by atoms with E-state index in [9.17, 15) is 15.0 Å². The van der Waals surface area contributed by atoms with E-state index in [4.69, 9.17) is 0 Å². The van der Waals surface area contributed by atoms with E-state index in [1.807, 2.05) is 11.0 Å². The van der Waals surface area contributed by atoms with Crippen LogP contribution in [0.25, 0.3) is 0 Å². The molecule has 0 unspecified atom stereocenters. The van der Waals surface area contributed by atoms with E-state index < -0.39 is 6.10 Å². The number of nitrogens with one attached hydrogen (secondary N) is 1. The van der Waals surface area contributed by atoms with Crippen LogP contribution in [0.5, 0.6) is 0 Å². The van der Waals surface area contributed by atoms with E-state index in [0.29, 0.717) is 18.4 Å². The molecule has 5 heteroatoms. The van der Waals surface area contributed by atoms with E-state index in [1.54, 1.807) is 0 Å². The highest BCUT2D eigenvalue weighted by molar-refractivity contribution is 5.78. The molecule has 0 aromatic heterocycles. The Morgan fingerprint density at radius 1 is 1.26 bits per heavy atom. The average Bonchev–Trinajstić information content (AvgIpc) is 3.19. The van der Waals surface area contributed by atoms with Crippen LogP contribution in [0, 0.1) is 17.8 Å². The number of unbranched alkanes of at least 4 members (excludes halogenated alkanes) is 2. The zero-order valence-corrected chi connectivity index (χ0v) is 20.4. The lowest BCUT2D eigenvalue weighted by atomic mass is 9.88. The van der Waals surface area contributed by atoms with E-state index in [2.05, 4.69) is 52.1 Å². The van der Waals surface area contributed by atoms with Gasteiger partial charge in [-0.2, -0.15) is 0 Å². The summed E-state index contributed by atoms with van der Waals surface area (Å²) >= 11 is 0. The van der Waals surface area contributed by atoms with Crippen molar-refractivity contribution in [3.05, 3.63) is 23.8 Å². The van der Waals surface area contributed by atoms with Crippen molar-refractivity contribution in [1.29, 1.82) is 0 Å². The molecule has 178 valence electrons. The van der Waals surface area contributed by atoms with Crippen LogP contribution < -0.4 is 5.32 Å². The molecular formula is C26H46N2O3.